The van der Waals surface area contributed by atoms with E-state index in [0.29, 0.717) is 47.7 Å². The third-order valence-electron chi connectivity index (χ3n) is 5.85. The fraction of sp³-hybridized carbons (Fsp3) is 0.480. The summed E-state index contributed by atoms with van der Waals surface area (Å²) in [5.41, 5.74) is 0.787. The molecule has 0 spiro atoms. The minimum absolute atomic E-state index is 0.146. The van der Waals surface area contributed by atoms with Gasteiger partial charge >= 0.3 is 11.7 Å². The summed E-state index contributed by atoms with van der Waals surface area (Å²) >= 11 is 0. The number of ether oxygens (including phenoxy) is 1. The van der Waals surface area contributed by atoms with Crippen molar-refractivity contribution in [2.45, 2.75) is 71.9 Å². The Morgan fingerprint density at radius 2 is 1.69 bits per heavy atom. The Bertz CT molecular complexity index is 1290. The lowest BCUT2D eigenvalue weighted by Gasteiger charge is -2.09. The van der Waals surface area contributed by atoms with Crippen molar-refractivity contribution in [3.05, 3.63) is 56.5 Å². The van der Waals surface area contributed by atoms with Crippen LogP contribution in [0.3, 0.4) is 0 Å². The van der Waals surface area contributed by atoms with E-state index in [1.807, 2.05) is 11.5 Å². The molecule has 3 rings (SSSR count). The molecule has 0 fully saturated rings. The molecule has 10 nitrogen and oxygen atoms in total. The highest BCUT2D eigenvalue weighted by molar-refractivity contribution is 5.93. The number of H-pyrrole nitrogens is 1. The molecule has 188 valence electrons. The van der Waals surface area contributed by atoms with Gasteiger partial charge in [0.25, 0.3) is 5.56 Å². The lowest BCUT2D eigenvalue weighted by Crippen LogP contribution is -2.31. The van der Waals surface area contributed by atoms with Gasteiger partial charge in [0.1, 0.15) is 5.82 Å². The second kappa shape index (κ2) is 12.1. The number of nitrogens with one attached hydrogen (secondary N) is 2. The number of rotatable bonds is 12. The quantitative estimate of drug-likeness (QED) is 0.301. The summed E-state index contributed by atoms with van der Waals surface area (Å²) in [7, 11) is 1.31. The Morgan fingerprint density at radius 1 is 1.00 bits per heavy atom. The molecule has 1 amide bonds. The summed E-state index contributed by atoms with van der Waals surface area (Å²) < 4.78 is 8.05. The van der Waals surface area contributed by atoms with Gasteiger partial charge in [-0.2, -0.15) is 0 Å². The molecule has 3 aromatic rings. The van der Waals surface area contributed by atoms with E-state index in [-0.39, 0.29) is 12.3 Å². The van der Waals surface area contributed by atoms with Gasteiger partial charge in [-0.05, 0) is 37.1 Å². The molecular formula is C25H33N5O5. The van der Waals surface area contributed by atoms with Crippen LogP contribution in [0, 0.1) is 0 Å². The second-order valence-electron chi connectivity index (χ2n) is 8.44. The molecule has 0 saturated heterocycles. The fourth-order valence-electron chi connectivity index (χ4n) is 3.95. The topological polar surface area (TPSA) is 128 Å². The number of carbonyl (C=O) groups is 2. The molecule has 0 aliphatic rings. The first-order chi connectivity index (χ1) is 16.9. The van der Waals surface area contributed by atoms with Crippen molar-refractivity contribution in [3.63, 3.8) is 0 Å². The van der Waals surface area contributed by atoms with Crippen LogP contribution in [0.2, 0.25) is 0 Å². The molecule has 1 aromatic carbocycles. The van der Waals surface area contributed by atoms with Crippen molar-refractivity contribution in [2.75, 3.05) is 12.4 Å². The number of amides is 1. The van der Waals surface area contributed by atoms with E-state index < -0.39 is 17.2 Å². The fourth-order valence-corrected chi connectivity index (χ4v) is 3.95. The molecule has 2 N–H and O–H groups in total. The second-order valence-corrected chi connectivity index (χ2v) is 8.44. The number of benzene rings is 1. The molecule has 0 atom stereocenters. The average molecular weight is 484 g/mol. The molecular weight excluding hydrogens is 450 g/mol. The Kier molecular flexibility index (Phi) is 8.99. The molecule has 0 aliphatic heterocycles. The number of nitrogens with zero attached hydrogens (tertiary/aromatic N) is 3. The first-order valence-electron chi connectivity index (χ1n) is 12.1. The number of unbranched alkanes of at least 4 members (excludes halogenated alkanes) is 3. The van der Waals surface area contributed by atoms with Crippen LogP contribution in [-0.4, -0.2) is 38.1 Å². The van der Waals surface area contributed by atoms with Gasteiger partial charge in [-0.15, -0.1) is 0 Å². The van der Waals surface area contributed by atoms with Crippen molar-refractivity contribution in [1.82, 2.24) is 19.1 Å². The van der Waals surface area contributed by atoms with Crippen LogP contribution in [0.5, 0.6) is 0 Å². The number of fused-ring (bicyclic) bond motifs is 1. The largest absolute Gasteiger partial charge is 0.465 e. The molecule has 2 aromatic heterocycles. The molecule has 35 heavy (non-hydrogen) atoms. The number of hydrogen-bond acceptors (Lipinski definition) is 6. The highest BCUT2D eigenvalue weighted by atomic mass is 16.5. The summed E-state index contributed by atoms with van der Waals surface area (Å²) in [6.45, 7) is 5.19. The van der Waals surface area contributed by atoms with Crippen LogP contribution in [0.4, 0.5) is 5.69 Å². The number of esters is 1. The number of aryl methyl sites for hydroxylation is 3. The SMILES string of the molecule is CCCCCn1c(CCC(=O)Nc2ccc(C(=O)OC)cc2)nc2c1c(=O)[nH]c(=O)n2CCCC. The lowest BCUT2D eigenvalue weighted by atomic mass is 10.2. The zero-order chi connectivity index (χ0) is 25.4. The average Bonchev–Trinajstić information content (AvgIpc) is 3.21. The van der Waals surface area contributed by atoms with Crippen LogP contribution in [-0.2, 0) is 29.0 Å². The number of aromatic nitrogens is 4. The highest BCUT2D eigenvalue weighted by Crippen LogP contribution is 2.16. The number of methoxy groups -OCH3 is 1. The number of anilines is 1. The van der Waals surface area contributed by atoms with E-state index in [4.69, 9.17) is 0 Å². The predicted octanol–water partition coefficient (Wildman–Crippen LogP) is 3.23. The van der Waals surface area contributed by atoms with Crippen LogP contribution >= 0.6 is 0 Å². The minimum atomic E-state index is -0.464. The van der Waals surface area contributed by atoms with Crippen LogP contribution in [0.15, 0.2) is 33.9 Å². The van der Waals surface area contributed by atoms with Gasteiger partial charge in [-0.25, -0.2) is 14.6 Å². The lowest BCUT2D eigenvalue weighted by molar-refractivity contribution is -0.116. The summed E-state index contributed by atoms with van der Waals surface area (Å²) in [5.74, 6) is -0.0637. The standard InChI is InChI=1S/C25H33N5O5/c1-4-6-8-16-29-19(27-22-21(29)23(32)28-25(34)30(22)15-7-5-2)13-14-20(31)26-18-11-9-17(10-12-18)24(33)35-3/h9-12H,4-8,13-16H2,1-3H3,(H,26,31)(H,28,32,34). The summed E-state index contributed by atoms with van der Waals surface area (Å²) in [6, 6.07) is 6.43. The zero-order valence-electron chi connectivity index (χ0n) is 20.6. The van der Waals surface area contributed by atoms with E-state index in [0.717, 1.165) is 32.1 Å². The third-order valence-corrected chi connectivity index (χ3v) is 5.85. The monoisotopic (exact) mass is 483 g/mol. The Hall–Kier alpha value is -3.69. The van der Waals surface area contributed by atoms with Gasteiger partial charge < -0.3 is 14.6 Å². The van der Waals surface area contributed by atoms with Crippen molar-refractivity contribution < 1.29 is 14.3 Å². The van der Waals surface area contributed by atoms with Crippen molar-refractivity contribution in [2.24, 2.45) is 0 Å². The number of aromatic amines is 1. The van der Waals surface area contributed by atoms with E-state index in [1.54, 1.807) is 24.3 Å². The molecule has 10 heteroatoms. The predicted molar refractivity (Wildman–Crippen MR) is 134 cm³/mol. The van der Waals surface area contributed by atoms with Gasteiger partial charge in [0.05, 0.1) is 12.7 Å². The maximum absolute atomic E-state index is 12.7. The van der Waals surface area contributed by atoms with Gasteiger partial charge in [0.2, 0.25) is 5.91 Å². The Balaban J connectivity index is 1.83. The molecule has 2 heterocycles. The van der Waals surface area contributed by atoms with E-state index >= 15 is 0 Å². The number of carbonyl (C=O) groups excluding carboxylic acids is 2. The normalized spacial score (nSPS) is 11.1. The van der Waals surface area contributed by atoms with Gasteiger partial charge in [-0.1, -0.05) is 33.1 Å². The summed E-state index contributed by atoms with van der Waals surface area (Å²) in [6.07, 6.45) is 5.03. The maximum atomic E-state index is 12.7. The first kappa shape index (κ1) is 25.9. The van der Waals surface area contributed by atoms with Crippen molar-refractivity contribution in [1.29, 1.82) is 0 Å². The summed E-state index contributed by atoms with van der Waals surface area (Å²) in [4.78, 5) is 56.5. The Morgan fingerprint density at radius 3 is 2.34 bits per heavy atom. The van der Waals surface area contributed by atoms with Crippen LogP contribution in [0.25, 0.3) is 11.2 Å². The van der Waals surface area contributed by atoms with Gasteiger partial charge in [0, 0.05) is 31.6 Å². The minimum Gasteiger partial charge on any atom is -0.465 e. The van der Waals surface area contributed by atoms with Gasteiger partial charge in [-0.3, -0.25) is 19.1 Å². The molecule has 0 aliphatic carbocycles. The molecule has 0 bridgehead atoms. The smallest absolute Gasteiger partial charge is 0.337 e. The van der Waals surface area contributed by atoms with E-state index in [1.165, 1.54) is 11.7 Å². The van der Waals surface area contributed by atoms with Crippen molar-refractivity contribution >= 4 is 28.7 Å². The third kappa shape index (κ3) is 6.26. The Labute approximate surface area is 203 Å². The van der Waals surface area contributed by atoms with Crippen LogP contribution < -0.4 is 16.6 Å². The molecule has 0 saturated carbocycles. The summed E-state index contributed by atoms with van der Waals surface area (Å²) in [5, 5.41) is 2.81. The number of hydrogen-bond donors (Lipinski definition) is 2. The zero-order valence-corrected chi connectivity index (χ0v) is 20.6. The molecule has 0 unspecified atom stereocenters. The van der Waals surface area contributed by atoms with Crippen molar-refractivity contribution in [3.8, 4) is 0 Å². The van der Waals surface area contributed by atoms with Crippen LogP contribution in [0.1, 0.15) is 68.6 Å². The first-order valence-corrected chi connectivity index (χ1v) is 12.1. The van der Waals surface area contributed by atoms with E-state index in [9.17, 15) is 19.2 Å². The molecule has 0 radical (unpaired) electrons. The maximum Gasteiger partial charge on any atom is 0.337 e. The van der Waals surface area contributed by atoms with E-state index in [2.05, 4.69) is 26.9 Å². The van der Waals surface area contributed by atoms with Gasteiger partial charge in [0.15, 0.2) is 11.2 Å². The number of imidazole rings is 1. The highest BCUT2D eigenvalue weighted by Gasteiger charge is 2.19.